The molecule has 0 aliphatic rings. The molecule has 0 spiro atoms. The summed E-state index contributed by atoms with van der Waals surface area (Å²) in [6.07, 6.45) is 1.69. The van der Waals surface area contributed by atoms with E-state index in [-0.39, 0.29) is 5.56 Å². The van der Waals surface area contributed by atoms with Gasteiger partial charge >= 0.3 is 0 Å². The van der Waals surface area contributed by atoms with Gasteiger partial charge in [-0.15, -0.1) is 0 Å². The third-order valence-electron chi connectivity index (χ3n) is 3.14. The van der Waals surface area contributed by atoms with Crippen LogP contribution in [0.25, 0.3) is 16.5 Å². The lowest BCUT2D eigenvalue weighted by molar-refractivity contribution is 1.08. The maximum absolute atomic E-state index is 11.7. The Kier molecular flexibility index (Phi) is 3.14. The van der Waals surface area contributed by atoms with Crippen molar-refractivity contribution in [2.75, 3.05) is 0 Å². The number of nitrogens with one attached hydrogen (secondary N) is 1. The molecule has 2 heteroatoms. The van der Waals surface area contributed by atoms with Crippen molar-refractivity contribution in [2.45, 2.75) is 26.7 Å². The van der Waals surface area contributed by atoms with Crippen molar-refractivity contribution in [1.29, 1.82) is 0 Å². The summed E-state index contributed by atoms with van der Waals surface area (Å²) in [5.41, 5.74) is 4.00. The van der Waals surface area contributed by atoms with E-state index in [1.807, 2.05) is 25.1 Å². The summed E-state index contributed by atoms with van der Waals surface area (Å²) in [4.78, 5) is 14.6. The van der Waals surface area contributed by atoms with Gasteiger partial charge in [0.1, 0.15) is 0 Å². The molecule has 17 heavy (non-hydrogen) atoms. The van der Waals surface area contributed by atoms with Crippen LogP contribution in [0.1, 0.15) is 31.4 Å². The number of aromatic amines is 1. The van der Waals surface area contributed by atoms with Gasteiger partial charge in [0.25, 0.3) is 5.56 Å². The molecule has 2 nitrogen and oxygen atoms in total. The summed E-state index contributed by atoms with van der Waals surface area (Å²) in [6, 6.07) is 8.03. The lowest BCUT2D eigenvalue weighted by atomic mass is 10.0. The number of hydrogen-bond acceptors (Lipinski definition) is 1. The molecule has 2 aromatic rings. The topological polar surface area (TPSA) is 32.9 Å². The molecule has 1 N–H and O–H groups in total. The number of H-pyrrole nitrogens is 1. The predicted molar refractivity (Wildman–Crippen MR) is 73.3 cm³/mol. The first kappa shape index (κ1) is 11.6. The number of fused-ring (bicyclic) bond motifs is 1. The molecular formula is C15H17NO. The van der Waals surface area contributed by atoms with E-state index >= 15 is 0 Å². The van der Waals surface area contributed by atoms with Crippen molar-refractivity contribution in [3.05, 3.63) is 52.3 Å². The van der Waals surface area contributed by atoms with Crippen LogP contribution in [-0.4, -0.2) is 4.98 Å². The average Bonchev–Trinajstić information content (AvgIpc) is 2.36. The molecule has 0 aliphatic heterocycles. The number of allylic oxidation sites excluding steroid dienone is 1. The minimum Gasteiger partial charge on any atom is -0.322 e. The van der Waals surface area contributed by atoms with Crippen LogP contribution in [0.2, 0.25) is 0 Å². The molecule has 0 unspecified atom stereocenters. The smallest absolute Gasteiger partial charge is 0.251 e. The first-order chi connectivity index (χ1) is 8.15. The summed E-state index contributed by atoms with van der Waals surface area (Å²) < 4.78 is 0. The van der Waals surface area contributed by atoms with Crippen molar-refractivity contribution in [2.24, 2.45) is 0 Å². The first-order valence-corrected chi connectivity index (χ1v) is 5.99. The molecule has 2 rings (SSSR count). The normalized spacial score (nSPS) is 10.7. The number of benzene rings is 1. The van der Waals surface area contributed by atoms with E-state index in [9.17, 15) is 4.79 Å². The SMILES string of the molecule is C=C(CC)c1ccc2[nH]c(=O)c(CC)cc2c1. The zero-order chi connectivity index (χ0) is 12.4. The molecule has 0 saturated carbocycles. The van der Waals surface area contributed by atoms with Crippen LogP contribution >= 0.6 is 0 Å². The fraction of sp³-hybridized carbons (Fsp3) is 0.267. The Labute approximate surface area is 101 Å². The second-order valence-electron chi connectivity index (χ2n) is 4.24. The first-order valence-electron chi connectivity index (χ1n) is 5.99. The van der Waals surface area contributed by atoms with Crippen molar-refractivity contribution >= 4 is 16.5 Å². The number of aromatic nitrogens is 1. The summed E-state index contributed by atoms with van der Waals surface area (Å²) in [5, 5.41) is 1.08. The van der Waals surface area contributed by atoms with Crippen LogP contribution in [0, 0.1) is 0 Å². The van der Waals surface area contributed by atoms with E-state index in [0.29, 0.717) is 0 Å². The third-order valence-corrected chi connectivity index (χ3v) is 3.14. The molecule has 0 atom stereocenters. The Bertz CT molecular complexity index is 622. The lowest BCUT2D eigenvalue weighted by Crippen LogP contribution is -2.11. The van der Waals surface area contributed by atoms with Crippen LogP contribution in [0.5, 0.6) is 0 Å². The molecule has 1 aromatic carbocycles. The molecule has 0 aliphatic carbocycles. The Morgan fingerprint density at radius 3 is 2.71 bits per heavy atom. The highest BCUT2D eigenvalue weighted by molar-refractivity contribution is 5.83. The van der Waals surface area contributed by atoms with Crippen molar-refractivity contribution in [3.63, 3.8) is 0 Å². The molecule has 0 bridgehead atoms. The standard InChI is InChI=1S/C15H17NO/c1-4-10(3)12-6-7-14-13(9-12)8-11(5-2)15(17)16-14/h6-9H,3-5H2,1-2H3,(H,16,17). The maximum atomic E-state index is 11.7. The van der Waals surface area contributed by atoms with Gasteiger partial charge in [-0.3, -0.25) is 4.79 Å². The number of aryl methyl sites for hydroxylation is 1. The fourth-order valence-corrected chi connectivity index (χ4v) is 1.94. The Hall–Kier alpha value is -1.83. The Morgan fingerprint density at radius 2 is 2.06 bits per heavy atom. The second-order valence-corrected chi connectivity index (χ2v) is 4.24. The summed E-state index contributed by atoms with van der Waals surface area (Å²) in [5.74, 6) is 0. The highest BCUT2D eigenvalue weighted by Gasteiger charge is 2.03. The van der Waals surface area contributed by atoms with Gasteiger partial charge in [0.15, 0.2) is 0 Å². The van der Waals surface area contributed by atoms with Gasteiger partial charge < -0.3 is 4.98 Å². The molecule has 1 heterocycles. The van der Waals surface area contributed by atoms with Gasteiger partial charge in [-0.1, -0.05) is 26.5 Å². The van der Waals surface area contributed by atoms with E-state index in [2.05, 4.69) is 24.6 Å². The van der Waals surface area contributed by atoms with Crippen LogP contribution < -0.4 is 5.56 Å². The molecule has 1 aromatic heterocycles. The summed E-state index contributed by atoms with van der Waals surface area (Å²) in [6.45, 7) is 8.12. The van der Waals surface area contributed by atoms with Gasteiger partial charge in [-0.2, -0.15) is 0 Å². The zero-order valence-corrected chi connectivity index (χ0v) is 10.3. The predicted octanol–water partition coefficient (Wildman–Crippen LogP) is 3.51. The van der Waals surface area contributed by atoms with E-state index in [0.717, 1.165) is 40.4 Å². The van der Waals surface area contributed by atoms with Gasteiger partial charge in [-0.25, -0.2) is 0 Å². The molecule has 0 saturated heterocycles. The monoisotopic (exact) mass is 227 g/mol. The molecule has 88 valence electrons. The Morgan fingerprint density at radius 1 is 1.29 bits per heavy atom. The van der Waals surface area contributed by atoms with Gasteiger partial charge in [0.2, 0.25) is 0 Å². The largest absolute Gasteiger partial charge is 0.322 e. The molecule has 0 amide bonds. The maximum Gasteiger partial charge on any atom is 0.251 e. The van der Waals surface area contributed by atoms with Gasteiger partial charge in [0, 0.05) is 11.1 Å². The summed E-state index contributed by atoms with van der Waals surface area (Å²) >= 11 is 0. The van der Waals surface area contributed by atoms with E-state index in [4.69, 9.17) is 0 Å². The second kappa shape index (κ2) is 4.58. The van der Waals surface area contributed by atoms with Crippen LogP contribution in [0.4, 0.5) is 0 Å². The van der Waals surface area contributed by atoms with Crippen LogP contribution in [0.15, 0.2) is 35.6 Å². The van der Waals surface area contributed by atoms with Gasteiger partial charge in [-0.05, 0) is 47.6 Å². The highest BCUT2D eigenvalue weighted by atomic mass is 16.1. The Balaban J connectivity index is 2.64. The average molecular weight is 227 g/mol. The molecular weight excluding hydrogens is 210 g/mol. The quantitative estimate of drug-likeness (QED) is 0.855. The molecule has 0 radical (unpaired) electrons. The van der Waals surface area contributed by atoms with Crippen molar-refractivity contribution < 1.29 is 0 Å². The fourth-order valence-electron chi connectivity index (χ4n) is 1.94. The van der Waals surface area contributed by atoms with E-state index < -0.39 is 0 Å². The highest BCUT2D eigenvalue weighted by Crippen LogP contribution is 2.20. The molecule has 0 fully saturated rings. The number of pyridine rings is 1. The number of hydrogen-bond donors (Lipinski definition) is 1. The van der Waals surface area contributed by atoms with Crippen molar-refractivity contribution in [3.8, 4) is 0 Å². The van der Waals surface area contributed by atoms with Crippen LogP contribution in [-0.2, 0) is 6.42 Å². The third kappa shape index (κ3) is 2.16. The zero-order valence-electron chi connectivity index (χ0n) is 10.3. The number of rotatable bonds is 3. The van der Waals surface area contributed by atoms with Gasteiger partial charge in [0.05, 0.1) is 0 Å². The van der Waals surface area contributed by atoms with Crippen LogP contribution in [0.3, 0.4) is 0 Å². The van der Waals surface area contributed by atoms with Crippen molar-refractivity contribution in [1.82, 2.24) is 4.98 Å². The minimum atomic E-state index is 0.0158. The van der Waals surface area contributed by atoms with E-state index in [1.165, 1.54) is 0 Å². The lowest BCUT2D eigenvalue weighted by Gasteiger charge is -2.06. The minimum absolute atomic E-state index is 0.0158. The summed E-state index contributed by atoms with van der Waals surface area (Å²) in [7, 11) is 0. The van der Waals surface area contributed by atoms with E-state index in [1.54, 1.807) is 0 Å².